The second-order valence-electron chi connectivity index (χ2n) is 4.08. The minimum atomic E-state index is -1.09. The molecule has 0 radical (unpaired) electrons. The molecule has 2 aromatic carbocycles. The van der Waals surface area contributed by atoms with Crippen LogP contribution in [-0.4, -0.2) is 17.0 Å². The van der Waals surface area contributed by atoms with E-state index in [1.807, 2.05) is 0 Å². The van der Waals surface area contributed by atoms with Gasteiger partial charge in [0, 0.05) is 9.50 Å². The lowest BCUT2D eigenvalue weighted by Crippen LogP contribution is -2.14. The molecule has 2 aromatic rings. The Bertz CT molecular complexity index is 736. The van der Waals surface area contributed by atoms with Gasteiger partial charge in [-0.25, -0.2) is 9.18 Å². The van der Waals surface area contributed by atoms with Gasteiger partial charge in [-0.1, -0.05) is 11.6 Å². The maximum absolute atomic E-state index is 13.6. The van der Waals surface area contributed by atoms with E-state index in [-0.39, 0.29) is 16.1 Å². The van der Waals surface area contributed by atoms with Crippen LogP contribution in [0.3, 0.4) is 0 Å². The number of hydrogen-bond acceptors (Lipinski definition) is 2. The van der Waals surface area contributed by atoms with Crippen LogP contribution in [0.15, 0.2) is 40.9 Å². The molecule has 0 saturated heterocycles. The van der Waals surface area contributed by atoms with Crippen molar-refractivity contribution in [2.45, 2.75) is 0 Å². The molecular formula is C14H8BrClFNO3. The molecule has 0 heterocycles. The highest BCUT2D eigenvalue weighted by molar-refractivity contribution is 9.10. The van der Waals surface area contributed by atoms with Crippen LogP contribution in [0.5, 0.6) is 0 Å². The van der Waals surface area contributed by atoms with Crippen molar-refractivity contribution in [3.8, 4) is 0 Å². The molecule has 4 nitrogen and oxygen atoms in total. The third kappa shape index (κ3) is 3.59. The van der Waals surface area contributed by atoms with E-state index < -0.39 is 17.7 Å². The average molecular weight is 373 g/mol. The van der Waals surface area contributed by atoms with Crippen molar-refractivity contribution >= 4 is 45.1 Å². The largest absolute Gasteiger partial charge is 0.478 e. The van der Waals surface area contributed by atoms with Gasteiger partial charge in [0.2, 0.25) is 0 Å². The average Bonchev–Trinajstić information content (AvgIpc) is 2.40. The fourth-order valence-corrected chi connectivity index (χ4v) is 2.25. The van der Waals surface area contributed by atoms with E-state index in [4.69, 9.17) is 16.7 Å². The first kappa shape index (κ1) is 15.5. The topological polar surface area (TPSA) is 66.4 Å². The normalized spacial score (nSPS) is 10.2. The molecule has 0 aliphatic rings. The summed E-state index contributed by atoms with van der Waals surface area (Å²) in [6.07, 6.45) is 0. The van der Waals surface area contributed by atoms with Gasteiger partial charge in [-0.3, -0.25) is 4.79 Å². The first-order chi connectivity index (χ1) is 9.88. The standard InChI is InChI=1S/C14H8BrClFNO3/c15-10-5-7(14(20)21)1-4-12(10)18-13(19)9-3-2-8(16)6-11(9)17/h1-6H,(H,18,19)(H,20,21). The van der Waals surface area contributed by atoms with E-state index in [9.17, 15) is 14.0 Å². The van der Waals surface area contributed by atoms with Crippen molar-refractivity contribution in [3.05, 3.63) is 62.8 Å². The summed E-state index contributed by atoms with van der Waals surface area (Å²) in [5.74, 6) is -2.48. The zero-order valence-electron chi connectivity index (χ0n) is 10.4. The number of carboxylic acid groups (broad SMARTS) is 1. The Labute approximate surface area is 132 Å². The number of aromatic carboxylic acids is 1. The number of benzene rings is 2. The summed E-state index contributed by atoms with van der Waals surface area (Å²) in [7, 11) is 0. The van der Waals surface area contributed by atoms with E-state index in [0.29, 0.717) is 10.2 Å². The maximum atomic E-state index is 13.6. The summed E-state index contributed by atoms with van der Waals surface area (Å²) < 4.78 is 14.0. The number of carbonyl (C=O) groups is 2. The summed E-state index contributed by atoms with van der Waals surface area (Å²) in [6.45, 7) is 0. The van der Waals surface area contributed by atoms with E-state index in [0.717, 1.165) is 6.07 Å². The molecule has 0 atom stereocenters. The van der Waals surface area contributed by atoms with Crippen LogP contribution < -0.4 is 5.32 Å². The van der Waals surface area contributed by atoms with Crippen LogP contribution in [-0.2, 0) is 0 Å². The second-order valence-corrected chi connectivity index (χ2v) is 5.37. The molecule has 108 valence electrons. The second kappa shape index (κ2) is 6.24. The Morgan fingerprint density at radius 3 is 2.48 bits per heavy atom. The lowest BCUT2D eigenvalue weighted by molar-refractivity contribution is 0.0696. The Morgan fingerprint density at radius 2 is 1.90 bits per heavy atom. The van der Waals surface area contributed by atoms with Crippen molar-refractivity contribution < 1.29 is 19.1 Å². The van der Waals surface area contributed by atoms with E-state index in [1.165, 1.54) is 30.3 Å². The Kier molecular flexibility index (Phi) is 4.59. The maximum Gasteiger partial charge on any atom is 0.335 e. The molecule has 0 aliphatic heterocycles. The molecule has 2 N–H and O–H groups in total. The summed E-state index contributed by atoms with van der Waals surface area (Å²) >= 11 is 8.77. The van der Waals surface area contributed by atoms with Gasteiger partial charge in [-0.15, -0.1) is 0 Å². The molecule has 0 bridgehead atoms. The molecule has 2 rings (SSSR count). The molecule has 0 fully saturated rings. The van der Waals surface area contributed by atoms with Crippen molar-refractivity contribution in [2.75, 3.05) is 5.32 Å². The molecule has 0 aliphatic carbocycles. The number of hydrogen-bond donors (Lipinski definition) is 2. The molecule has 0 saturated carbocycles. The highest BCUT2D eigenvalue weighted by atomic mass is 79.9. The van der Waals surface area contributed by atoms with Crippen LogP contribution in [0.25, 0.3) is 0 Å². The van der Waals surface area contributed by atoms with Gasteiger partial charge in [0.1, 0.15) is 5.82 Å². The summed E-state index contributed by atoms with van der Waals surface area (Å²) in [5, 5.41) is 11.5. The van der Waals surface area contributed by atoms with Crippen molar-refractivity contribution in [1.82, 2.24) is 0 Å². The molecule has 0 spiro atoms. The third-order valence-corrected chi connectivity index (χ3v) is 3.53. The number of rotatable bonds is 3. The van der Waals surface area contributed by atoms with Crippen LogP contribution in [0, 0.1) is 5.82 Å². The number of amides is 1. The monoisotopic (exact) mass is 371 g/mol. The zero-order valence-corrected chi connectivity index (χ0v) is 12.7. The zero-order chi connectivity index (χ0) is 15.6. The van der Waals surface area contributed by atoms with Crippen LogP contribution in [0.4, 0.5) is 10.1 Å². The van der Waals surface area contributed by atoms with Gasteiger partial charge in [0.15, 0.2) is 0 Å². The number of carbonyl (C=O) groups excluding carboxylic acids is 1. The Hall–Kier alpha value is -1.92. The van der Waals surface area contributed by atoms with E-state index in [1.54, 1.807) is 0 Å². The lowest BCUT2D eigenvalue weighted by Gasteiger charge is -2.09. The fraction of sp³-hybridized carbons (Fsp3) is 0. The van der Waals surface area contributed by atoms with Gasteiger partial charge < -0.3 is 10.4 Å². The minimum absolute atomic E-state index is 0.0672. The number of carboxylic acids is 1. The summed E-state index contributed by atoms with van der Waals surface area (Å²) in [4.78, 5) is 22.8. The molecule has 0 aromatic heterocycles. The van der Waals surface area contributed by atoms with Gasteiger partial charge in [0.25, 0.3) is 5.91 Å². The van der Waals surface area contributed by atoms with Crippen molar-refractivity contribution in [2.24, 2.45) is 0 Å². The Morgan fingerprint density at radius 1 is 1.19 bits per heavy atom. The highest BCUT2D eigenvalue weighted by Gasteiger charge is 2.14. The Balaban J connectivity index is 2.25. The SMILES string of the molecule is O=C(O)c1ccc(NC(=O)c2ccc(Cl)cc2F)c(Br)c1. The van der Waals surface area contributed by atoms with Gasteiger partial charge in [-0.05, 0) is 52.3 Å². The quantitative estimate of drug-likeness (QED) is 0.849. The van der Waals surface area contributed by atoms with E-state index in [2.05, 4.69) is 21.2 Å². The van der Waals surface area contributed by atoms with Gasteiger partial charge in [-0.2, -0.15) is 0 Å². The van der Waals surface area contributed by atoms with Gasteiger partial charge >= 0.3 is 5.97 Å². The molecule has 21 heavy (non-hydrogen) atoms. The highest BCUT2D eigenvalue weighted by Crippen LogP contribution is 2.25. The van der Waals surface area contributed by atoms with Crippen molar-refractivity contribution in [3.63, 3.8) is 0 Å². The van der Waals surface area contributed by atoms with Gasteiger partial charge in [0.05, 0.1) is 16.8 Å². The molecule has 0 unspecified atom stereocenters. The van der Waals surface area contributed by atoms with Crippen LogP contribution in [0.1, 0.15) is 20.7 Å². The predicted molar refractivity (Wildman–Crippen MR) is 80.5 cm³/mol. The predicted octanol–water partition coefficient (Wildman–Crippen LogP) is 4.19. The lowest BCUT2D eigenvalue weighted by atomic mass is 10.1. The first-order valence-corrected chi connectivity index (χ1v) is 6.85. The van der Waals surface area contributed by atoms with Crippen LogP contribution >= 0.6 is 27.5 Å². The van der Waals surface area contributed by atoms with Crippen molar-refractivity contribution in [1.29, 1.82) is 0 Å². The summed E-state index contributed by atoms with van der Waals surface area (Å²) in [5.41, 5.74) is 0.241. The third-order valence-electron chi connectivity index (χ3n) is 2.64. The molecule has 1 amide bonds. The van der Waals surface area contributed by atoms with E-state index >= 15 is 0 Å². The van der Waals surface area contributed by atoms with Crippen LogP contribution in [0.2, 0.25) is 5.02 Å². The minimum Gasteiger partial charge on any atom is -0.478 e. The number of nitrogens with one attached hydrogen (secondary N) is 1. The smallest absolute Gasteiger partial charge is 0.335 e. The molecule has 7 heteroatoms. The number of anilines is 1. The summed E-state index contributed by atoms with van der Waals surface area (Å²) in [6, 6.07) is 7.81. The number of halogens is 3. The molecular weight excluding hydrogens is 365 g/mol. The first-order valence-electron chi connectivity index (χ1n) is 5.67. The fourth-order valence-electron chi connectivity index (χ4n) is 1.61.